The number of terminal acetylenes is 1. The van der Waals surface area contributed by atoms with E-state index in [1.165, 1.54) is 24.3 Å². The summed E-state index contributed by atoms with van der Waals surface area (Å²) in [5, 5.41) is 19.1. The van der Waals surface area contributed by atoms with Crippen LogP contribution in [0.3, 0.4) is 0 Å². The number of carbonyl (C=O) groups is 2. The minimum atomic E-state index is -0.784. The Kier molecular flexibility index (Phi) is 5.81. The maximum atomic E-state index is 12.3. The number of benzene rings is 3. The highest BCUT2D eigenvalue weighted by Crippen LogP contribution is 2.23. The van der Waals surface area contributed by atoms with Crippen molar-refractivity contribution in [1.29, 1.82) is 0 Å². The first kappa shape index (κ1) is 19.5. The monoisotopic (exact) mass is 388 g/mol. The Morgan fingerprint density at radius 2 is 1.66 bits per heavy atom. The molecule has 3 rings (SSSR count). The van der Waals surface area contributed by atoms with Gasteiger partial charge in [-0.15, -0.1) is 6.42 Å². The van der Waals surface area contributed by atoms with Gasteiger partial charge >= 0.3 is 11.9 Å². The smallest absolute Gasteiger partial charge is 0.343 e. The summed E-state index contributed by atoms with van der Waals surface area (Å²) in [6.07, 6.45) is 5.39. The molecule has 144 valence electrons. The molecule has 6 nitrogen and oxygen atoms in total. The molecule has 0 radical (unpaired) electrons. The lowest BCUT2D eigenvalue weighted by Gasteiger charge is -2.08. The zero-order valence-corrected chi connectivity index (χ0v) is 15.2. The summed E-state index contributed by atoms with van der Waals surface area (Å²) in [6.45, 7) is -0.0802. The van der Waals surface area contributed by atoms with Crippen LogP contribution in [0.4, 0.5) is 0 Å². The Bertz CT molecular complexity index is 1090. The van der Waals surface area contributed by atoms with Gasteiger partial charge < -0.3 is 19.7 Å². The summed E-state index contributed by atoms with van der Waals surface area (Å²) in [5.41, 5.74) is 1.26. The molecule has 29 heavy (non-hydrogen) atoms. The van der Waals surface area contributed by atoms with Crippen LogP contribution < -0.4 is 4.74 Å². The van der Waals surface area contributed by atoms with Crippen molar-refractivity contribution in [2.24, 2.45) is 0 Å². The van der Waals surface area contributed by atoms with E-state index in [1.807, 2.05) is 0 Å². The quantitative estimate of drug-likeness (QED) is 0.300. The van der Waals surface area contributed by atoms with E-state index in [0.29, 0.717) is 22.4 Å². The van der Waals surface area contributed by atoms with E-state index in [4.69, 9.17) is 15.9 Å². The highest BCUT2D eigenvalue weighted by atomic mass is 16.5. The Labute approximate surface area is 167 Å². The number of carbonyl (C=O) groups excluding carboxylic acids is 2. The molecule has 0 amide bonds. The molecule has 0 bridgehead atoms. The fourth-order valence-electron chi connectivity index (χ4n) is 2.48. The van der Waals surface area contributed by atoms with Crippen LogP contribution in [0.1, 0.15) is 31.8 Å². The summed E-state index contributed by atoms with van der Waals surface area (Å²) in [7, 11) is 0. The highest BCUT2D eigenvalue weighted by Gasteiger charge is 2.14. The molecule has 0 unspecified atom stereocenters. The van der Waals surface area contributed by atoms with Gasteiger partial charge in [0.1, 0.15) is 29.4 Å². The van der Waals surface area contributed by atoms with Gasteiger partial charge in [-0.05, 0) is 48.0 Å². The Morgan fingerprint density at radius 3 is 2.38 bits per heavy atom. The van der Waals surface area contributed by atoms with Crippen LogP contribution >= 0.6 is 0 Å². The number of phenolic OH excluding ortho intramolecular Hbond substituents is 2. The van der Waals surface area contributed by atoms with Gasteiger partial charge in [-0.25, -0.2) is 9.59 Å². The molecule has 0 saturated heterocycles. The summed E-state index contributed by atoms with van der Waals surface area (Å²) in [6, 6.07) is 16.6. The van der Waals surface area contributed by atoms with Gasteiger partial charge in [-0.1, -0.05) is 30.2 Å². The first-order valence-corrected chi connectivity index (χ1v) is 8.54. The van der Waals surface area contributed by atoms with E-state index in [-0.39, 0.29) is 23.7 Å². The van der Waals surface area contributed by atoms with Crippen LogP contribution in [-0.2, 0) is 11.3 Å². The fourth-order valence-corrected chi connectivity index (χ4v) is 2.48. The van der Waals surface area contributed by atoms with Gasteiger partial charge in [0.2, 0.25) is 0 Å². The number of esters is 2. The Hall–Kier alpha value is -4.24. The summed E-state index contributed by atoms with van der Waals surface area (Å²) in [5.74, 6) is 0.936. The first-order chi connectivity index (χ1) is 14.0. The van der Waals surface area contributed by atoms with Crippen LogP contribution in [0.25, 0.3) is 0 Å². The number of para-hydroxylation sites is 1. The summed E-state index contributed by atoms with van der Waals surface area (Å²) >= 11 is 0. The van der Waals surface area contributed by atoms with E-state index in [9.17, 15) is 19.8 Å². The molecule has 2 N–H and O–H groups in total. The molecule has 3 aromatic rings. The van der Waals surface area contributed by atoms with Crippen LogP contribution in [0.15, 0.2) is 66.7 Å². The molecule has 0 aliphatic carbocycles. The second-order valence-electron chi connectivity index (χ2n) is 6.00. The van der Waals surface area contributed by atoms with Crippen molar-refractivity contribution in [2.45, 2.75) is 6.61 Å². The standard InChI is InChI=1S/C23H16O6/c1-2-16-5-3-4-6-21(16)29-22(26)17-9-7-15(8-10-17)14-28-23(27)19-13-18(24)11-12-20(19)25/h1,3-13,24-25H,14H2. The molecule has 0 aliphatic rings. The third-order valence-corrected chi connectivity index (χ3v) is 4.00. The van der Waals surface area contributed by atoms with E-state index in [1.54, 1.807) is 36.4 Å². The van der Waals surface area contributed by atoms with Gasteiger partial charge in [-0.2, -0.15) is 0 Å². The molecule has 3 aromatic carbocycles. The van der Waals surface area contributed by atoms with E-state index >= 15 is 0 Å². The number of ether oxygens (including phenoxy) is 2. The van der Waals surface area contributed by atoms with Gasteiger partial charge in [0, 0.05) is 0 Å². The normalized spacial score (nSPS) is 10.0. The molecular weight excluding hydrogens is 372 g/mol. The minimum absolute atomic E-state index is 0.0802. The lowest BCUT2D eigenvalue weighted by Crippen LogP contribution is -2.10. The number of hydrogen-bond acceptors (Lipinski definition) is 6. The third-order valence-electron chi connectivity index (χ3n) is 4.00. The van der Waals surface area contributed by atoms with Crippen LogP contribution in [0.5, 0.6) is 17.2 Å². The molecule has 6 heteroatoms. The van der Waals surface area contributed by atoms with Gasteiger partial charge in [0.15, 0.2) is 0 Å². The van der Waals surface area contributed by atoms with Crippen molar-refractivity contribution in [3.63, 3.8) is 0 Å². The van der Waals surface area contributed by atoms with Crippen molar-refractivity contribution in [2.75, 3.05) is 0 Å². The largest absolute Gasteiger partial charge is 0.508 e. The summed E-state index contributed by atoms with van der Waals surface area (Å²) in [4.78, 5) is 24.3. The van der Waals surface area contributed by atoms with Gasteiger partial charge in [0.05, 0.1) is 11.1 Å². The SMILES string of the molecule is C#Cc1ccccc1OC(=O)c1ccc(COC(=O)c2cc(O)ccc2O)cc1. The Morgan fingerprint density at radius 1 is 0.931 bits per heavy atom. The first-order valence-electron chi connectivity index (χ1n) is 8.54. The van der Waals surface area contributed by atoms with E-state index < -0.39 is 11.9 Å². The maximum absolute atomic E-state index is 12.3. The fraction of sp³-hybridized carbons (Fsp3) is 0.0435. The van der Waals surface area contributed by atoms with Crippen molar-refractivity contribution < 1.29 is 29.3 Å². The molecular formula is C23H16O6. The number of hydrogen-bond donors (Lipinski definition) is 2. The molecule has 0 saturated carbocycles. The third kappa shape index (κ3) is 4.73. The lowest BCUT2D eigenvalue weighted by molar-refractivity contribution is 0.0468. The van der Waals surface area contributed by atoms with Crippen molar-refractivity contribution in [3.05, 3.63) is 89.0 Å². The lowest BCUT2D eigenvalue weighted by atomic mass is 10.1. The van der Waals surface area contributed by atoms with Crippen LogP contribution in [0, 0.1) is 12.3 Å². The molecule has 0 aromatic heterocycles. The van der Waals surface area contributed by atoms with Gasteiger partial charge in [0.25, 0.3) is 0 Å². The van der Waals surface area contributed by atoms with Crippen molar-refractivity contribution in [3.8, 4) is 29.6 Å². The Balaban J connectivity index is 1.63. The van der Waals surface area contributed by atoms with Crippen LogP contribution in [0.2, 0.25) is 0 Å². The number of aromatic hydroxyl groups is 2. The molecule has 0 aliphatic heterocycles. The number of rotatable bonds is 5. The van der Waals surface area contributed by atoms with Crippen molar-refractivity contribution in [1.82, 2.24) is 0 Å². The second-order valence-corrected chi connectivity index (χ2v) is 6.00. The topological polar surface area (TPSA) is 93.1 Å². The molecule has 0 spiro atoms. The average molecular weight is 388 g/mol. The van der Waals surface area contributed by atoms with Gasteiger partial charge in [-0.3, -0.25) is 0 Å². The second kappa shape index (κ2) is 8.63. The van der Waals surface area contributed by atoms with E-state index in [0.717, 1.165) is 6.07 Å². The molecule has 0 atom stereocenters. The zero-order chi connectivity index (χ0) is 20.8. The predicted octanol–water partition coefficient (Wildman–Crippen LogP) is 3.66. The minimum Gasteiger partial charge on any atom is -0.508 e. The number of phenols is 2. The van der Waals surface area contributed by atoms with E-state index in [2.05, 4.69) is 5.92 Å². The molecule has 0 fully saturated rings. The summed E-state index contributed by atoms with van der Waals surface area (Å²) < 4.78 is 10.5. The molecule has 0 heterocycles. The average Bonchev–Trinajstić information content (AvgIpc) is 2.74. The maximum Gasteiger partial charge on any atom is 0.343 e. The van der Waals surface area contributed by atoms with Crippen LogP contribution in [-0.4, -0.2) is 22.2 Å². The zero-order valence-electron chi connectivity index (χ0n) is 15.2. The highest BCUT2D eigenvalue weighted by molar-refractivity contribution is 5.93. The van der Waals surface area contributed by atoms with Crippen molar-refractivity contribution >= 4 is 11.9 Å². The predicted molar refractivity (Wildman–Crippen MR) is 105 cm³/mol.